The summed E-state index contributed by atoms with van der Waals surface area (Å²) in [4.78, 5) is 34.4. The van der Waals surface area contributed by atoms with Crippen molar-refractivity contribution in [3.05, 3.63) is 125 Å². The van der Waals surface area contributed by atoms with Gasteiger partial charge < -0.3 is 14.1 Å². The molecule has 0 saturated carbocycles. The minimum atomic E-state index is -0.551. The highest BCUT2D eigenvalue weighted by Gasteiger charge is 2.28. The van der Waals surface area contributed by atoms with Crippen LogP contribution in [0.3, 0.4) is 0 Å². The standard InChI is InChI=1S/C32H31N3O4/c1-3-38-29-18-10-9-17-28(29)35-31(33-27-16-8-7-15-26(27)32(35)37)23(2)34(22-25-14-11-21-39-25)30(36)20-19-24-12-5-4-6-13-24/h4-18,21,23H,3,19-20,22H2,1-2H3. The van der Waals surface area contributed by atoms with Crippen LogP contribution in [0.25, 0.3) is 16.6 Å². The van der Waals surface area contributed by atoms with Crippen molar-refractivity contribution < 1.29 is 13.9 Å². The number of carbonyl (C=O) groups is 1. The van der Waals surface area contributed by atoms with Crippen LogP contribution in [0.5, 0.6) is 5.75 Å². The molecule has 0 spiro atoms. The monoisotopic (exact) mass is 521 g/mol. The fourth-order valence-electron chi connectivity index (χ4n) is 4.77. The van der Waals surface area contributed by atoms with E-state index in [9.17, 15) is 9.59 Å². The lowest BCUT2D eigenvalue weighted by atomic mass is 10.1. The molecule has 1 unspecified atom stereocenters. The molecule has 3 aromatic carbocycles. The summed E-state index contributed by atoms with van der Waals surface area (Å²) in [5.74, 6) is 1.61. The molecule has 1 amide bonds. The van der Waals surface area contributed by atoms with E-state index >= 15 is 0 Å². The first kappa shape index (κ1) is 26.0. The molecule has 0 fully saturated rings. The Bertz CT molecular complexity index is 1610. The van der Waals surface area contributed by atoms with E-state index in [0.717, 1.165) is 5.56 Å². The van der Waals surface area contributed by atoms with Crippen molar-refractivity contribution in [3.63, 3.8) is 0 Å². The van der Waals surface area contributed by atoms with E-state index in [1.165, 1.54) is 0 Å². The second-order valence-electron chi connectivity index (χ2n) is 9.29. The summed E-state index contributed by atoms with van der Waals surface area (Å²) in [6.07, 6.45) is 2.50. The van der Waals surface area contributed by atoms with E-state index in [1.807, 2.05) is 92.7 Å². The molecule has 5 aromatic rings. The quantitative estimate of drug-likeness (QED) is 0.222. The van der Waals surface area contributed by atoms with Gasteiger partial charge in [0.15, 0.2) is 0 Å². The zero-order valence-electron chi connectivity index (χ0n) is 22.1. The van der Waals surface area contributed by atoms with E-state index in [2.05, 4.69) is 0 Å². The molecule has 0 saturated heterocycles. The third-order valence-corrected chi connectivity index (χ3v) is 6.75. The van der Waals surface area contributed by atoms with Crippen LogP contribution in [-0.4, -0.2) is 27.0 Å². The summed E-state index contributed by atoms with van der Waals surface area (Å²) in [6.45, 7) is 4.50. The number of para-hydroxylation sites is 3. The summed E-state index contributed by atoms with van der Waals surface area (Å²) < 4.78 is 13.1. The van der Waals surface area contributed by atoms with Crippen LogP contribution >= 0.6 is 0 Å². The lowest BCUT2D eigenvalue weighted by molar-refractivity contribution is -0.134. The van der Waals surface area contributed by atoms with Gasteiger partial charge in [0, 0.05) is 6.42 Å². The zero-order chi connectivity index (χ0) is 27.2. The number of aryl methyl sites for hydroxylation is 1. The number of carbonyl (C=O) groups excluding carboxylic acids is 1. The molecule has 2 heterocycles. The lowest BCUT2D eigenvalue weighted by Crippen LogP contribution is -2.37. The van der Waals surface area contributed by atoms with Crippen LogP contribution in [-0.2, 0) is 17.8 Å². The highest BCUT2D eigenvalue weighted by molar-refractivity contribution is 5.79. The highest BCUT2D eigenvalue weighted by atomic mass is 16.5. The molecule has 7 heteroatoms. The van der Waals surface area contributed by atoms with E-state index in [-0.39, 0.29) is 18.0 Å². The number of aromatic nitrogens is 2. The number of amides is 1. The van der Waals surface area contributed by atoms with Gasteiger partial charge in [-0.25, -0.2) is 4.98 Å². The number of hydrogen-bond donors (Lipinski definition) is 0. The minimum Gasteiger partial charge on any atom is -0.492 e. The van der Waals surface area contributed by atoms with Crippen LogP contribution in [0.1, 0.15) is 43.5 Å². The summed E-state index contributed by atoms with van der Waals surface area (Å²) in [6, 6.07) is 27.7. The van der Waals surface area contributed by atoms with Gasteiger partial charge >= 0.3 is 0 Å². The molecule has 5 rings (SSSR count). The maximum Gasteiger partial charge on any atom is 0.266 e. The molecule has 7 nitrogen and oxygen atoms in total. The third-order valence-electron chi connectivity index (χ3n) is 6.75. The maximum atomic E-state index is 14.0. The predicted octanol–water partition coefficient (Wildman–Crippen LogP) is 6.10. The topological polar surface area (TPSA) is 77.6 Å². The van der Waals surface area contributed by atoms with Crippen molar-refractivity contribution in [3.8, 4) is 11.4 Å². The molecular weight excluding hydrogens is 490 g/mol. The number of hydrogen-bond acceptors (Lipinski definition) is 5. The largest absolute Gasteiger partial charge is 0.492 e. The normalized spacial score (nSPS) is 11.8. The number of nitrogens with zero attached hydrogens (tertiary/aromatic N) is 3. The van der Waals surface area contributed by atoms with Crippen LogP contribution < -0.4 is 10.3 Å². The number of benzene rings is 3. The average molecular weight is 522 g/mol. The molecule has 0 aliphatic rings. The van der Waals surface area contributed by atoms with Crippen LogP contribution in [0, 0.1) is 0 Å². The smallest absolute Gasteiger partial charge is 0.266 e. The molecular formula is C32H31N3O4. The van der Waals surface area contributed by atoms with Crippen molar-refractivity contribution in [2.45, 2.75) is 39.3 Å². The fourth-order valence-corrected chi connectivity index (χ4v) is 4.77. The molecule has 39 heavy (non-hydrogen) atoms. The van der Waals surface area contributed by atoms with Gasteiger partial charge in [-0.05, 0) is 62.2 Å². The van der Waals surface area contributed by atoms with Crippen molar-refractivity contribution in [1.29, 1.82) is 0 Å². The molecule has 0 radical (unpaired) electrons. The number of ether oxygens (including phenoxy) is 1. The highest BCUT2D eigenvalue weighted by Crippen LogP contribution is 2.29. The van der Waals surface area contributed by atoms with Crippen molar-refractivity contribution in [2.24, 2.45) is 0 Å². The number of rotatable bonds is 10. The van der Waals surface area contributed by atoms with Gasteiger partial charge in [0.05, 0.1) is 42.0 Å². The van der Waals surface area contributed by atoms with E-state index in [1.54, 1.807) is 27.9 Å². The summed E-state index contributed by atoms with van der Waals surface area (Å²) in [5, 5.41) is 0.493. The molecule has 0 bridgehead atoms. The summed E-state index contributed by atoms with van der Waals surface area (Å²) in [5.41, 5.74) is 2.02. The summed E-state index contributed by atoms with van der Waals surface area (Å²) in [7, 11) is 0. The molecule has 0 aliphatic carbocycles. The second kappa shape index (κ2) is 11.8. The SMILES string of the molecule is CCOc1ccccc1-n1c(C(C)N(Cc2ccco2)C(=O)CCc2ccccc2)nc2ccccc2c1=O. The van der Waals surface area contributed by atoms with Gasteiger partial charge in [0.2, 0.25) is 5.91 Å². The minimum absolute atomic E-state index is 0.0604. The van der Waals surface area contributed by atoms with Gasteiger partial charge in [0.1, 0.15) is 17.3 Å². The molecule has 2 aromatic heterocycles. The Morgan fingerprint density at radius 2 is 1.72 bits per heavy atom. The number of fused-ring (bicyclic) bond motifs is 1. The first-order valence-electron chi connectivity index (χ1n) is 13.2. The van der Waals surface area contributed by atoms with Crippen molar-refractivity contribution in [1.82, 2.24) is 14.5 Å². The van der Waals surface area contributed by atoms with E-state index in [0.29, 0.717) is 53.4 Å². The summed E-state index contributed by atoms with van der Waals surface area (Å²) >= 11 is 0. The van der Waals surface area contributed by atoms with Gasteiger partial charge in [-0.3, -0.25) is 14.2 Å². The Morgan fingerprint density at radius 1 is 0.974 bits per heavy atom. The van der Waals surface area contributed by atoms with Crippen LogP contribution in [0.2, 0.25) is 0 Å². The maximum absolute atomic E-state index is 14.0. The second-order valence-corrected chi connectivity index (χ2v) is 9.29. The van der Waals surface area contributed by atoms with Crippen molar-refractivity contribution in [2.75, 3.05) is 6.61 Å². The van der Waals surface area contributed by atoms with Gasteiger partial charge in [-0.1, -0.05) is 54.6 Å². The molecule has 1 atom stereocenters. The van der Waals surface area contributed by atoms with E-state index < -0.39 is 6.04 Å². The molecule has 0 N–H and O–H groups in total. The van der Waals surface area contributed by atoms with Gasteiger partial charge in [-0.15, -0.1) is 0 Å². The first-order valence-corrected chi connectivity index (χ1v) is 13.2. The van der Waals surface area contributed by atoms with Crippen molar-refractivity contribution >= 4 is 16.8 Å². The van der Waals surface area contributed by atoms with Crippen LogP contribution in [0.4, 0.5) is 0 Å². The Hall–Kier alpha value is -4.65. The molecule has 0 aliphatic heterocycles. The first-order chi connectivity index (χ1) is 19.1. The van der Waals surface area contributed by atoms with Gasteiger partial charge in [0.25, 0.3) is 5.56 Å². The average Bonchev–Trinajstić information content (AvgIpc) is 3.49. The molecule has 198 valence electrons. The fraction of sp³-hybridized carbons (Fsp3) is 0.219. The van der Waals surface area contributed by atoms with Crippen LogP contribution in [0.15, 0.2) is 106 Å². The Kier molecular flexibility index (Phi) is 7.87. The lowest BCUT2D eigenvalue weighted by Gasteiger charge is -2.30. The van der Waals surface area contributed by atoms with Gasteiger partial charge in [-0.2, -0.15) is 0 Å². The third kappa shape index (κ3) is 5.62. The zero-order valence-corrected chi connectivity index (χ0v) is 22.1. The predicted molar refractivity (Wildman–Crippen MR) is 151 cm³/mol. The van der Waals surface area contributed by atoms with E-state index in [4.69, 9.17) is 14.1 Å². The Labute approximate surface area is 227 Å². The Balaban J connectivity index is 1.62. The Morgan fingerprint density at radius 3 is 2.49 bits per heavy atom. The number of furan rings is 1.